The molecule has 1 aliphatic rings. The fourth-order valence-electron chi connectivity index (χ4n) is 3.53. The molecule has 1 fully saturated rings. The number of aryl methyl sites for hydroxylation is 1. The van der Waals surface area contributed by atoms with Crippen LogP contribution < -0.4 is 10.6 Å². The van der Waals surface area contributed by atoms with E-state index in [0.717, 1.165) is 23.9 Å². The summed E-state index contributed by atoms with van der Waals surface area (Å²) in [7, 11) is 0. The van der Waals surface area contributed by atoms with Crippen molar-refractivity contribution in [2.24, 2.45) is 0 Å². The summed E-state index contributed by atoms with van der Waals surface area (Å²) in [5.41, 5.74) is 1.67. The molecule has 1 aromatic carbocycles. The van der Waals surface area contributed by atoms with Gasteiger partial charge >= 0.3 is 6.03 Å². The molecule has 0 radical (unpaired) electrons. The van der Waals surface area contributed by atoms with Crippen LogP contribution in [0.1, 0.15) is 6.42 Å². The van der Waals surface area contributed by atoms with Crippen LogP contribution in [-0.2, 0) is 22.6 Å². The monoisotopic (exact) mass is 410 g/mol. The summed E-state index contributed by atoms with van der Waals surface area (Å²) >= 11 is 0. The first-order valence-corrected chi connectivity index (χ1v) is 10.2. The van der Waals surface area contributed by atoms with Crippen LogP contribution in [0.15, 0.2) is 48.9 Å². The van der Waals surface area contributed by atoms with Gasteiger partial charge in [-0.25, -0.2) is 4.79 Å². The molecule has 0 unspecified atom stereocenters. The first-order valence-electron chi connectivity index (χ1n) is 10.2. The van der Waals surface area contributed by atoms with Crippen molar-refractivity contribution in [3.05, 3.63) is 48.9 Å². The van der Waals surface area contributed by atoms with E-state index in [1.54, 1.807) is 6.20 Å². The molecule has 2 aromatic heterocycles. The average Bonchev–Trinajstić information content (AvgIpc) is 3.42. The maximum Gasteiger partial charge on any atom is 0.319 e. The Morgan fingerprint density at radius 3 is 2.80 bits per heavy atom. The molecule has 0 aliphatic carbocycles. The highest BCUT2D eigenvalue weighted by Crippen LogP contribution is 2.21. The van der Waals surface area contributed by atoms with E-state index in [2.05, 4.69) is 15.7 Å². The highest BCUT2D eigenvalue weighted by atomic mass is 16.5. The van der Waals surface area contributed by atoms with Gasteiger partial charge in [0.05, 0.1) is 13.2 Å². The molecule has 0 saturated carbocycles. The smallest absolute Gasteiger partial charge is 0.319 e. The minimum Gasteiger partial charge on any atom is -0.378 e. The molecule has 1 saturated heterocycles. The van der Waals surface area contributed by atoms with E-state index < -0.39 is 0 Å². The van der Waals surface area contributed by atoms with Crippen LogP contribution in [0.25, 0.3) is 10.9 Å². The summed E-state index contributed by atoms with van der Waals surface area (Å²) < 4.78 is 9.08. The predicted molar refractivity (Wildman–Crippen MR) is 113 cm³/mol. The maximum absolute atomic E-state index is 12.5. The fourth-order valence-corrected chi connectivity index (χ4v) is 3.53. The summed E-state index contributed by atoms with van der Waals surface area (Å²) in [5, 5.41) is 10.8. The van der Waals surface area contributed by atoms with E-state index in [4.69, 9.17) is 4.74 Å². The number of aromatic nitrogens is 3. The molecule has 158 valence electrons. The fraction of sp³-hybridized carbons (Fsp3) is 0.381. The minimum atomic E-state index is -0.239. The van der Waals surface area contributed by atoms with Crippen molar-refractivity contribution < 1.29 is 14.3 Å². The van der Waals surface area contributed by atoms with Gasteiger partial charge in [0.25, 0.3) is 0 Å². The summed E-state index contributed by atoms with van der Waals surface area (Å²) in [6.07, 6.45) is 6.34. The number of fused-ring (bicyclic) bond motifs is 1. The van der Waals surface area contributed by atoms with Crippen molar-refractivity contribution in [3.63, 3.8) is 0 Å². The Kier molecular flexibility index (Phi) is 6.29. The van der Waals surface area contributed by atoms with Crippen LogP contribution in [-0.4, -0.2) is 64.0 Å². The lowest BCUT2D eigenvalue weighted by molar-refractivity contribution is -0.135. The zero-order valence-electron chi connectivity index (χ0n) is 16.8. The number of nitrogens with zero attached hydrogens (tertiary/aromatic N) is 4. The zero-order valence-corrected chi connectivity index (χ0v) is 16.8. The molecule has 0 atom stereocenters. The maximum atomic E-state index is 12.5. The molecule has 1 aliphatic heterocycles. The van der Waals surface area contributed by atoms with E-state index >= 15 is 0 Å². The van der Waals surface area contributed by atoms with Crippen molar-refractivity contribution in [1.82, 2.24) is 24.6 Å². The lowest BCUT2D eigenvalue weighted by Crippen LogP contribution is -2.42. The lowest BCUT2D eigenvalue weighted by atomic mass is 10.2. The van der Waals surface area contributed by atoms with Gasteiger partial charge in [-0.1, -0.05) is 0 Å². The van der Waals surface area contributed by atoms with Crippen molar-refractivity contribution in [3.8, 4) is 0 Å². The number of hydrogen-bond donors (Lipinski definition) is 2. The number of urea groups is 1. The van der Waals surface area contributed by atoms with Gasteiger partial charge in [-0.2, -0.15) is 5.10 Å². The molecule has 30 heavy (non-hydrogen) atoms. The van der Waals surface area contributed by atoms with Gasteiger partial charge in [0, 0.05) is 61.4 Å². The van der Waals surface area contributed by atoms with Gasteiger partial charge < -0.3 is 24.8 Å². The Morgan fingerprint density at radius 1 is 1.13 bits per heavy atom. The molecular formula is C21H26N6O3. The van der Waals surface area contributed by atoms with Crippen molar-refractivity contribution >= 4 is 28.5 Å². The number of carbonyl (C=O) groups excluding carboxylic acids is 2. The quantitative estimate of drug-likeness (QED) is 0.582. The van der Waals surface area contributed by atoms with Crippen molar-refractivity contribution in [2.75, 3.05) is 38.2 Å². The number of nitrogens with one attached hydrogen (secondary N) is 2. The molecule has 0 spiro atoms. The zero-order chi connectivity index (χ0) is 20.8. The second-order valence-electron chi connectivity index (χ2n) is 7.21. The number of morpholine rings is 1. The third-order valence-corrected chi connectivity index (χ3v) is 5.11. The number of rotatable bonds is 7. The molecule has 3 heterocycles. The Morgan fingerprint density at radius 2 is 2.00 bits per heavy atom. The molecule has 2 N–H and O–H groups in total. The van der Waals surface area contributed by atoms with Gasteiger partial charge in [-0.3, -0.25) is 9.48 Å². The second-order valence-corrected chi connectivity index (χ2v) is 7.21. The first kappa shape index (κ1) is 20.0. The third-order valence-electron chi connectivity index (χ3n) is 5.11. The number of anilines is 1. The summed E-state index contributed by atoms with van der Waals surface area (Å²) in [6, 6.07) is 9.28. The molecule has 3 aromatic rings. The van der Waals surface area contributed by atoms with Crippen molar-refractivity contribution in [1.29, 1.82) is 0 Å². The number of hydrogen-bond acceptors (Lipinski definition) is 4. The number of ether oxygens (including phenoxy) is 1. The third kappa shape index (κ3) is 4.98. The average molecular weight is 410 g/mol. The highest BCUT2D eigenvalue weighted by molar-refractivity contribution is 5.93. The van der Waals surface area contributed by atoms with Crippen LogP contribution in [0.2, 0.25) is 0 Å². The highest BCUT2D eigenvalue weighted by Gasteiger charge is 2.17. The summed E-state index contributed by atoms with van der Waals surface area (Å²) in [4.78, 5) is 26.5. The van der Waals surface area contributed by atoms with E-state index in [9.17, 15) is 9.59 Å². The number of carbonyl (C=O) groups is 2. The van der Waals surface area contributed by atoms with Crippen LogP contribution in [0.3, 0.4) is 0 Å². The topological polar surface area (TPSA) is 93.4 Å². The number of benzene rings is 1. The molecule has 9 nitrogen and oxygen atoms in total. The summed E-state index contributed by atoms with van der Waals surface area (Å²) in [5.74, 6) is 0.0903. The summed E-state index contributed by atoms with van der Waals surface area (Å²) in [6.45, 7) is 4.10. The van der Waals surface area contributed by atoms with Crippen LogP contribution >= 0.6 is 0 Å². The standard InChI is InChI=1S/C21H26N6O3/c28-20(25-11-13-30-14-12-25)16-26-10-5-17-15-18(3-4-19(17)26)24-21(29)22-6-1-8-27-9-2-7-23-27/h2-5,7,9-10,15H,1,6,8,11-14,16H2,(H2,22,24,29). The molecular weight excluding hydrogens is 384 g/mol. The van der Waals surface area contributed by atoms with Crippen LogP contribution in [0.5, 0.6) is 0 Å². The molecule has 0 bridgehead atoms. The van der Waals surface area contributed by atoms with E-state index in [1.807, 2.05) is 56.9 Å². The first-order chi connectivity index (χ1) is 14.7. The predicted octanol–water partition coefficient (Wildman–Crippen LogP) is 1.91. The van der Waals surface area contributed by atoms with E-state index in [1.165, 1.54) is 0 Å². The van der Waals surface area contributed by atoms with Gasteiger partial charge in [0.2, 0.25) is 5.91 Å². The molecule has 4 rings (SSSR count). The molecule has 9 heteroatoms. The van der Waals surface area contributed by atoms with Gasteiger partial charge in [-0.05, 0) is 36.8 Å². The van der Waals surface area contributed by atoms with Crippen LogP contribution in [0.4, 0.5) is 10.5 Å². The van der Waals surface area contributed by atoms with E-state index in [-0.39, 0.29) is 11.9 Å². The minimum absolute atomic E-state index is 0.0903. The van der Waals surface area contributed by atoms with Gasteiger partial charge in [-0.15, -0.1) is 0 Å². The SMILES string of the molecule is O=C(NCCCn1cccn1)Nc1ccc2c(ccn2CC(=O)N2CCOCC2)c1. The second kappa shape index (κ2) is 9.45. The Hall–Kier alpha value is -3.33. The number of amides is 3. The largest absolute Gasteiger partial charge is 0.378 e. The Balaban J connectivity index is 1.29. The van der Waals surface area contributed by atoms with Gasteiger partial charge in [0.15, 0.2) is 0 Å². The van der Waals surface area contributed by atoms with E-state index in [0.29, 0.717) is 45.1 Å². The van der Waals surface area contributed by atoms with Gasteiger partial charge in [0.1, 0.15) is 6.54 Å². The molecule has 3 amide bonds. The Bertz CT molecular complexity index is 992. The Labute approximate surface area is 174 Å². The lowest BCUT2D eigenvalue weighted by Gasteiger charge is -2.27. The van der Waals surface area contributed by atoms with Crippen LogP contribution in [0, 0.1) is 0 Å². The van der Waals surface area contributed by atoms with Crippen molar-refractivity contribution in [2.45, 2.75) is 19.5 Å². The normalized spacial score (nSPS) is 14.1.